The van der Waals surface area contributed by atoms with Gasteiger partial charge >= 0.3 is 5.97 Å². The summed E-state index contributed by atoms with van der Waals surface area (Å²) in [4.78, 5) is 16.5. The number of nitrogens with zero attached hydrogens (tertiary/aromatic N) is 2. The molecular formula is C29H42N2O5. The predicted molar refractivity (Wildman–Crippen MR) is 142 cm³/mol. The van der Waals surface area contributed by atoms with E-state index >= 15 is 0 Å². The van der Waals surface area contributed by atoms with Crippen LogP contribution in [0.25, 0.3) is 0 Å². The van der Waals surface area contributed by atoms with Gasteiger partial charge in [0.05, 0.1) is 27.4 Å². The molecule has 0 unspecified atom stereocenters. The Balaban J connectivity index is 1.51. The van der Waals surface area contributed by atoms with E-state index in [1.165, 1.54) is 5.56 Å². The number of piperazine rings is 1. The average molecular weight is 499 g/mol. The Kier molecular flexibility index (Phi) is 11.9. The van der Waals surface area contributed by atoms with Crippen LogP contribution < -0.4 is 14.2 Å². The summed E-state index contributed by atoms with van der Waals surface area (Å²) < 4.78 is 22.5. The van der Waals surface area contributed by atoms with Crippen molar-refractivity contribution in [3.63, 3.8) is 0 Å². The number of methoxy groups -OCH3 is 2. The molecule has 36 heavy (non-hydrogen) atoms. The molecule has 198 valence electrons. The van der Waals surface area contributed by atoms with Gasteiger partial charge in [0.25, 0.3) is 0 Å². The first-order valence-corrected chi connectivity index (χ1v) is 13.2. The minimum atomic E-state index is -0.111. The van der Waals surface area contributed by atoms with E-state index < -0.39 is 0 Å². The van der Waals surface area contributed by atoms with Gasteiger partial charge in [0.1, 0.15) is 0 Å². The Labute approximate surface area is 216 Å². The molecule has 7 nitrogen and oxygen atoms in total. The molecule has 0 radical (unpaired) electrons. The van der Waals surface area contributed by atoms with Crippen molar-refractivity contribution >= 4 is 5.97 Å². The summed E-state index contributed by atoms with van der Waals surface area (Å²) >= 11 is 0. The number of esters is 1. The summed E-state index contributed by atoms with van der Waals surface area (Å²) in [5.74, 6) is 1.99. The highest BCUT2D eigenvalue weighted by atomic mass is 16.5. The first-order valence-electron chi connectivity index (χ1n) is 13.2. The number of benzene rings is 2. The molecule has 2 aromatic carbocycles. The monoisotopic (exact) mass is 498 g/mol. The van der Waals surface area contributed by atoms with Crippen molar-refractivity contribution in [2.75, 3.05) is 53.6 Å². The summed E-state index contributed by atoms with van der Waals surface area (Å²) in [6.07, 6.45) is 4.24. The number of carbonyl (C=O) groups excluding carboxylic acids is 1. The van der Waals surface area contributed by atoms with Gasteiger partial charge in [0.2, 0.25) is 5.75 Å². The fourth-order valence-electron chi connectivity index (χ4n) is 4.54. The Hall–Kier alpha value is -2.77. The highest BCUT2D eigenvalue weighted by molar-refractivity contribution is 5.69. The van der Waals surface area contributed by atoms with Gasteiger partial charge in [0, 0.05) is 51.3 Å². The summed E-state index contributed by atoms with van der Waals surface area (Å²) in [7, 11) is 3.31. The van der Waals surface area contributed by atoms with Gasteiger partial charge in [-0.15, -0.1) is 0 Å². The lowest BCUT2D eigenvalue weighted by atomic mass is 10.1. The van der Waals surface area contributed by atoms with Gasteiger partial charge in [0.15, 0.2) is 11.5 Å². The summed E-state index contributed by atoms with van der Waals surface area (Å²) in [5, 5.41) is 0. The molecule has 0 saturated carbocycles. The van der Waals surface area contributed by atoms with Crippen LogP contribution >= 0.6 is 0 Å². The number of ether oxygens (including phenoxy) is 4. The van der Waals surface area contributed by atoms with Crippen molar-refractivity contribution < 1.29 is 23.7 Å². The lowest BCUT2D eigenvalue weighted by Crippen LogP contribution is -2.45. The van der Waals surface area contributed by atoms with Gasteiger partial charge in [-0.2, -0.15) is 0 Å². The maximum absolute atomic E-state index is 11.5. The van der Waals surface area contributed by atoms with Crippen molar-refractivity contribution in [3.8, 4) is 17.2 Å². The van der Waals surface area contributed by atoms with Crippen LogP contribution in [-0.4, -0.2) is 69.4 Å². The minimum Gasteiger partial charge on any atom is -0.493 e. The van der Waals surface area contributed by atoms with E-state index in [9.17, 15) is 4.79 Å². The first kappa shape index (κ1) is 27.8. The summed E-state index contributed by atoms with van der Waals surface area (Å²) in [5.41, 5.74) is 2.48. The van der Waals surface area contributed by atoms with E-state index in [2.05, 4.69) is 46.2 Å². The van der Waals surface area contributed by atoms with Crippen molar-refractivity contribution in [3.05, 3.63) is 53.6 Å². The van der Waals surface area contributed by atoms with E-state index in [4.69, 9.17) is 18.9 Å². The van der Waals surface area contributed by atoms with E-state index in [1.54, 1.807) is 14.2 Å². The van der Waals surface area contributed by atoms with Crippen LogP contribution in [0.1, 0.15) is 50.2 Å². The third kappa shape index (κ3) is 8.71. The Morgan fingerprint density at radius 1 is 0.806 bits per heavy atom. The topological polar surface area (TPSA) is 60.5 Å². The van der Waals surface area contributed by atoms with Crippen LogP contribution in [0, 0.1) is 0 Å². The zero-order chi connectivity index (χ0) is 25.6. The second-order valence-corrected chi connectivity index (χ2v) is 9.14. The standard InChI is InChI=1S/C29H42N2O5/c1-4-35-27(32)14-10-5-6-11-21-36-28-25(15-16-26(33-2)29(28)34-3)23-31-19-17-30(18-20-31)22-24-12-8-7-9-13-24/h7-9,12-13,15-16H,4-6,10-11,14,17-23H2,1-3H3. The molecule has 0 N–H and O–H groups in total. The van der Waals surface area contributed by atoms with E-state index in [-0.39, 0.29) is 5.97 Å². The molecule has 2 aromatic rings. The number of carbonyl (C=O) groups is 1. The molecule has 0 amide bonds. The van der Waals surface area contributed by atoms with Crippen LogP contribution in [0.5, 0.6) is 17.2 Å². The zero-order valence-corrected chi connectivity index (χ0v) is 22.2. The van der Waals surface area contributed by atoms with Crippen LogP contribution in [0.2, 0.25) is 0 Å². The average Bonchev–Trinajstić information content (AvgIpc) is 2.90. The second-order valence-electron chi connectivity index (χ2n) is 9.14. The Morgan fingerprint density at radius 2 is 1.50 bits per heavy atom. The number of unbranched alkanes of at least 4 members (excludes halogenated alkanes) is 3. The number of hydrogen-bond donors (Lipinski definition) is 0. The van der Waals surface area contributed by atoms with Crippen LogP contribution in [0.15, 0.2) is 42.5 Å². The van der Waals surface area contributed by atoms with Crippen molar-refractivity contribution in [2.45, 2.75) is 52.1 Å². The third-order valence-electron chi connectivity index (χ3n) is 6.52. The van der Waals surface area contributed by atoms with Crippen molar-refractivity contribution in [2.24, 2.45) is 0 Å². The highest BCUT2D eigenvalue weighted by Crippen LogP contribution is 2.40. The molecule has 0 aromatic heterocycles. The molecule has 0 bridgehead atoms. The molecule has 1 saturated heterocycles. The lowest BCUT2D eigenvalue weighted by molar-refractivity contribution is -0.143. The van der Waals surface area contributed by atoms with Crippen LogP contribution in [0.4, 0.5) is 0 Å². The molecule has 1 heterocycles. The zero-order valence-electron chi connectivity index (χ0n) is 22.2. The smallest absolute Gasteiger partial charge is 0.305 e. The molecular weight excluding hydrogens is 456 g/mol. The molecule has 0 atom stereocenters. The molecule has 1 aliphatic rings. The lowest BCUT2D eigenvalue weighted by Gasteiger charge is -2.35. The normalized spacial score (nSPS) is 14.4. The Morgan fingerprint density at radius 3 is 2.17 bits per heavy atom. The third-order valence-corrected chi connectivity index (χ3v) is 6.52. The van der Waals surface area contributed by atoms with Crippen molar-refractivity contribution in [1.29, 1.82) is 0 Å². The van der Waals surface area contributed by atoms with E-state index in [0.717, 1.165) is 76.3 Å². The second kappa shape index (κ2) is 15.4. The molecule has 1 fully saturated rings. The van der Waals surface area contributed by atoms with E-state index in [0.29, 0.717) is 31.1 Å². The predicted octanol–water partition coefficient (Wildman–Crippen LogP) is 4.91. The number of rotatable bonds is 15. The maximum Gasteiger partial charge on any atom is 0.305 e. The minimum absolute atomic E-state index is 0.111. The summed E-state index contributed by atoms with van der Waals surface area (Å²) in [6, 6.07) is 14.7. The fourth-order valence-corrected chi connectivity index (χ4v) is 4.54. The van der Waals surface area contributed by atoms with E-state index in [1.807, 2.05) is 13.0 Å². The van der Waals surface area contributed by atoms with Gasteiger partial charge in [-0.1, -0.05) is 49.2 Å². The number of hydrogen-bond acceptors (Lipinski definition) is 7. The maximum atomic E-state index is 11.5. The highest BCUT2D eigenvalue weighted by Gasteiger charge is 2.22. The van der Waals surface area contributed by atoms with Gasteiger partial charge in [-0.25, -0.2) is 0 Å². The van der Waals surface area contributed by atoms with Gasteiger partial charge < -0.3 is 18.9 Å². The molecule has 7 heteroatoms. The van der Waals surface area contributed by atoms with Gasteiger partial charge in [-0.3, -0.25) is 14.6 Å². The fraction of sp³-hybridized carbons (Fsp3) is 0.552. The molecule has 1 aliphatic heterocycles. The van der Waals surface area contributed by atoms with Crippen molar-refractivity contribution in [1.82, 2.24) is 9.80 Å². The SMILES string of the molecule is CCOC(=O)CCCCCCOc1c(CN2CCN(Cc3ccccc3)CC2)ccc(OC)c1OC. The van der Waals surface area contributed by atoms with Crippen LogP contribution in [-0.2, 0) is 22.6 Å². The summed E-state index contributed by atoms with van der Waals surface area (Å²) in [6.45, 7) is 8.81. The molecule has 0 aliphatic carbocycles. The first-order chi connectivity index (χ1) is 17.6. The molecule has 0 spiro atoms. The largest absolute Gasteiger partial charge is 0.493 e. The Bertz CT molecular complexity index is 913. The molecule has 3 rings (SSSR count). The van der Waals surface area contributed by atoms with Gasteiger partial charge in [-0.05, 0) is 31.4 Å². The van der Waals surface area contributed by atoms with Crippen LogP contribution in [0.3, 0.4) is 0 Å². The quantitative estimate of drug-likeness (QED) is 0.255.